The zero-order valence-electron chi connectivity index (χ0n) is 8.68. The van der Waals surface area contributed by atoms with Gasteiger partial charge in [0.25, 0.3) is 0 Å². The van der Waals surface area contributed by atoms with Crippen LogP contribution < -0.4 is 0 Å². The molecule has 1 fully saturated rings. The van der Waals surface area contributed by atoms with Crippen molar-refractivity contribution >= 4 is 5.97 Å². The Bertz CT molecular complexity index is 185. The van der Waals surface area contributed by atoms with Gasteiger partial charge >= 0.3 is 5.97 Å². The number of aliphatic carboxylic acids is 1. The highest BCUT2D eigenvalue weighted by Gasteiger charge is 2.46. The Morgan fingerprint density at radius 3 is 2.46 bits per heavy atom. The molecular formula is C11H20O2. The summed E-state index contributed by atoms with van der Waals surface area (Å²) in [7, 11) is 0. The molecule has 0 aliphatic heterocycles. The third-order valence-corrected chi connectivity index (χ3v) is 3.27. The number of carboxylic acid groups (broad SMARTS) is 1. The molecule has 1 aliphatic carbocycles. The van der Waals surface area contributed by atoms with E-state index in [0.29, 0.717) is 5.92 Å². The van der Waals surface area contributed by atoms with E-state index in [4.69, 9.17) is 5.11 Å². The Kier molecular flexibility index (Phi) is 3.34. The standard InChI is InChI=1S/C11H20O2/c1-3-4-5-8-11(2,10(12)13)9-6-7-9/h9H,3-8H2,1-2H3,(H,12,13). The molecule has 0 spiro atoms. The lowest BCUT2D eigenvalue weighted by Gasteiger charge is -2.24. The number of carbonyl (C=O) groups is 1. The van der Waals surface area contributed by atoms with Gasteiger partial charge in [-0.15, -0.1) is 0 Å². The highest BCUT2D eigenvalue weighted by molar-refractivity contribution is 5.75. The molecule has 1 atom stereocenters. The molecule has 0 aromatic rings. The smallest absolute Gasteiger partial charge is 0.309 e. The summed E-state index contributed by atoms with van der Waals surface area (Å²) in [5.74, 6) is -0.132. The van der Waals surface area contributed by atoms with Crippen LogP contribution in [0.2, 0.25) is 0 Å². The van der Waals surface area contributed by atoms with Crippen LogP contribution in [0.4, 0.5) is 0 Å². The van der Waals surface area contributed by atoms with E-state index < -0.39 is 11.4 Å². The van der Waals surface area contributed by atoms with Gasteiger partial charge in [0.15, 0.2) is 0 Å². The first kappa shape index (κ1) is 10.6. The van der Waals surface area contributed by atoms with E-state index in [9.17, 15) is 4.79 Å². The van der Waals surface area contributed by atoms with E-state index in [1.807, 2.05) is 6.92 Å². The van der Waals surface area contributed by atoms with Gasteiger partial charge in [0.05, 0.1) is 5.41 Å². The molecule has 76 valence electrons. The van der Waals surface area contributed by atoms with Crippen LogP contribution in [0.5, 0.6) is 0 Å². The van der Waals surface area contributed by atoms with Crippen LogP contribution in [-0.2, 0) is 4.79 Å². The van der Waals surface area contributed by atoms with Crippen LogP contribution >= 0.6 is 0 Å². The summed E-state index contributed by atoms with van der Waals surface area (Å²) in [6, 6.07) is 0. The predicted octanol–water partition coefficient (Wildman–Crippen LogP) is 3.07. The minimum Gasteiger partial charge on any atom is -0.481 e. The van der Waals surface area contributed by atoms with E-state index in [2.05, 4.69) is 6.92 Å². The molecule has 1 saturated carbocycles. The van der Waals surface area contributed by atoms with Crippen molar-refractivity contribution in [2.24, 2.45) is 11.3 Å². The summed E-state index contributed by atoms with van der Waals surface area (Å²) in [5.41, 5.74) is -0.421. The molecular weight excluding hydrogens is 164 g/mol. The van der Waals surface area contributed by atoms with Crippen LogP contribution in [-0.4, -0.2) is 11.1 Å². The van der Waals surface area contributed by atoms with Crippen molar-refractivity contribution in [2.75, 3.05) is 0 Å². The SMILES string of the molecule is CCCCCC(C)(C(=O)O)C1CC1. The van der Waals surface area contributed by atoms with Gasteiger partial charge < -0.3 is 5.11 Å². The maximum atomic E-state index is 11.1. The maximum Gasteiger partial charge on any atom is 0.309 e. The quantitative estimate of drug-likeness (QED) is 0.644. The lowest BCUT2D eigenvalue weighted by Crippen LogP contribution is -2.29. The Balaban J connectivity index is 2.42. The Hall–Kier alpha value is -0.530. The number of hydrogen-bond acceptors (Lipinski definition) is 1. The third-order valence-electron chi connectivity index (χ3n) is 3.27. The molecule has 0 aromatic carbocycles. The molecule has 2 nitrogen and oxygen atoms in total. The first-order valence-corrected chi connectivity index (χ1v) is 5.34. The average molecular weight is 184 g/mol. The van der Waals surface area contributed by atoms with Crippen molar-refractivity contribution in [1.82, 2.24) is 0 Å². The predicted molar refractivity (Wildman–Crippen MR) is 52.6 cm³/mol. The highest BCUT2D eigenvalue weighted by Crippen LogP contribution is 2.48. The molecule has 0 bridgehead atoms. The third kappa shape index (κ3) is 2.45. The molecule has 1 aliphatic rings. The second-order valence-corrected chi connectivity index (χ2v) is 4.45. The van der Waals surface area contributed by atoms with E-state index in [1.54, 1.807) is 0 Å². The minimum absolute atomic E-state index is 0.421. The van der Waals surface area contributed by atoms with Crippen LogP contribution in [0.1, 0.15) is 52.4 Å². The van der Waals surface area contributed by atoms with Crippen molar-refractivity contribution in [1.29, 1.82) is 0 Å². The molecule has 2 heteroatoms. The van der Waals surface area contributed by atoms with Gasteiger partial charge in [-0.2, -0.15) is 0 Å². The van der Waals surface area contributed by atoms with E-state index in [0.717, 1.165) is 32.1 Å². The normalized spacial score (nSPS) is 21.1. The van der Waals surface area contributed by atoms with E-state index >= 15 is 0 Å². The summed E-state index contributed by atoms with van der Waals surface area (Å²) < 4.78 is 0. The highest BCUT2D eigenvalue weighted by atomic mass is 16.4. The monoisotopic (exact) mass is 184 g/mol. The lowest BCUT2D eigenvalue weighted by atomic mass is 9.80. The lowest BCUT2D eigenvalue weighted by molar-refractivity contribution is -0.149. The molecule has 0 heterocycles. The Labute approximate surface area is 80.3 Å². The summed E-state index contributed by atoms with van der Waals surface area (Å²) in [6.07, 6.45) is 6.50. The van der Waals surface area contributed by atoms with Gasteiger partial charge in [-0.05, 0) is 32.1 Å². The van der Waals surface area contributed by atoms with Gasteiger partial charge in [0.1, 0.15) is 0 Å². The van der Waals surface area contributed by atoms with E-state index in [1.165, 1.54) is 6.42 Å². The van der Waals surface area contributed by atoms with Crippen molar-refractivity contribution in [3.8, 4) is 0 Å². The molecule has 1 rings (SSSR count). The molecule has 1 unspecified atom stereocenters. The van der Waals surface area contributed by atoms with Crippen molar-refractivity contribution < 1.29 is 9.90 Å². The number of rotatable bonds is 6. The summed E-state index contributed by atoms with van der Waals surface area (Å²) >= 11 is 0. The fraction of sp³-hybridized carbons (Fsp3) is 0.909. The number of unbranched alkanes of at least 4 members (excludes halogenated alkanes) is 2. The minimum atomic E-state index is -0.592. The summed E-state index contributed by atoms with van der Waals surface area (Å²) in [4.78, 5) is 11.1. The molecule has 0 radical (unpaired) electrons. The molecule has 1 N–H and O–H groups in total. The van der Waals surface area contributed by atoms with Gasteiger partial charge in [-0.3, -0.25) is 4.79 Å². The Morgan fingerprint density at radius 2 is 2.08 bits per heavy atom. The van der Waals surface area contributed by atoms with Gasteiger partial charge in [0, 0.05) is 0 Å². The topological polar surface area (TPSA) is 37.3 Å². The van der Waals surface area contributed by atoms with Crippen LogP contribution in [0.3, 0.4) is 0 Å². The first-order chi connectivity index (χ1) is 6.11. The fourth-order valence-corrected chi connectivity index (χ4v) is 1.95. The van der Waals surface area contributed by atoms with Crippen molar-refractivity contribution in [3.05, 3.63) is 0 Å². The zero-order chi connectivity index (χ0) is 9.90. The second kappa shape index (κ2) is 4.12. The molecule has 0 saturated heterocycles. The van der Waals surface area contributed by atoms with Crippen molar-refractivity contribution in [2.45, 2.75) is 52.4 Å². The van der Waals surface area contributed by atoms with Gasteiger partial charge in [0.2, 0.25) is 0 Å². The van der Waals surface area contributed by atoms with E-state index in [-0.39, 0.29) is 0 Å². The number of carboxylic acids is 1. The maximum absolute atomic E-state index is 11.1. The summed E-state index contributed by atoms with van der Waals surface area (Å²) in [6.45, 7) is 4.07. The van der Waals surface area contributed by atoms with Crippen LogP contribution in [0, 0.1) is 11.3 Å². The van der Waals surface area contributed by atoms with Crippen LogP contribution in [0.15, 0.2) is 0 Å². The Morgan fingerprint density at radius 1 is 1.46 bits per heavy atom. The van der Waals surface area contributed by atoms with Gasteiger partial charge in [-0.25, -0.2) is 0 Å². The first-order valence-electron chi connectivity index (χ1n) is 5.34. The van der Waals surface area contributed by atoms with Gasteiger partial charge in [-0.1, -0.05) is 26.2 Å². The molecule has 0 aromatic heterocycles. The fourth-order valence-electron chi connectivity index (χ4n) is 1.95. The van der Waals surface area contributed by atoms with Crippen LogP contribution in [0.25, 0.3) is 0 Å². The summed E-state index contributed by atoms with van der Waals surface area (Å²) in [5, 5.41) is 9.14. The van der Waals surface area contributed by atoms with Crippen molar-refractivity contribution in [3.63, 3.8) is 0 Å². The average Bonchev–Trinajstić information content (AvgIpc) is 2.86. The second-order valence-electron chi connectivity index (χ2n) is 4.45. The zero-order valence-corrected chi connectivity index (χ0v) is 8.68. The number of hydrogen-bond donors (Lipinski definition) is 1. The largest absolute Gasteiger partial charge is 0.481 e. The molecule has 13 heavy (non-hydrogen) atoms. The molecule has 0 amide bonds.